The van der Waals surface area contributed by atoms with E-state index in [0.717, 1.165) is 47.5 Å². The molecule has 3 aromatic rings. The van der Waals surface area contributed by atoms with Crippen molar-refractivity contribution in [2.75, 3.05) is 13.2 Å². The molecule has 5 nitrogen and oxygen atoms in total. The average Bonchev–Trinajstić information content (AvgIpc) is 3.49. The molecule has 0 radical (unpaired) electrons. The summed E-state index contributed by atoms with van der Waals surface area (Å²) >= 11 is 12.0. The molecule has 3 unspecified atom stereocenters. The smallest absolute Gasteiger partial charge is 0.170 e. The maximum Gasteiger partial charge on any atom is 0.170 e. The number of aromatic nitrogens is 2. The second-order valence-corrected chi connectivity index (χ2v) is 9.38. The van der Waals surface area contributed by atoms with Gasteiger partial charge in [-0.25, -0.2) is 0 Å². The lowest BCUT2D eigenvalue weighted by atomic mass is 9.96. The molecule has 3 atom stereocenters. The number of nitrogens with one attached hydrogen (secondary N) is 1. The van der Waals surface area contributed by atoms with Gasteiger partial charge in [0.1, 0.15) is 0 Å². The molecule has 2 aliphatic rings. The molecule has 1 N–H and O–H groups in total. The maximum atomic E-state index is 6.13. The van der Waals surface area contributed by atoms with Gasteiger partial charge in [-0.3, -0.25) is 4.98 Å². The minimum absolute atomic E-state index is 0.0238. The predicted molar refractivity (Wildman–Crippen MR) is 131 cm³/mol. The van der Waals surface area contributed by atoms with E-state index >= 15 is 0 Å². The van der Waals surface area contributed by atoms with Crippen molar-refractivity contribution < 1.29 is 4.74 Å². The Kier molecular flexibility index (Phi) is 5.93. The Morgan fingerprint density at radius 3 is 2.69 bits per heavy atom. The molecule has 0 spiro atoms. The Hall–Kier alpha value is -2.41. The third kappa shape index (κ3) is 3.91. The minimum Gasteiger partial charge on any atom is -0.376 e. The molecule has 166 valence electrons. The lowest BCUT2D eigenvalue weighted by Crippen LogP contribution is -2.36. The highest BCUT2D eigenvalue weighted by molar-refractivity contribution is 7.80. The van der Waals surface area contributed by atoms with Crippen molar-refractivity contribution in [1.29, 1.82) is 0 Å². The second kappa shape index (κ2) is 8.85. The molecule has 0 amide bonds. The summed E-state index contributed by atoms with van der Waals surface area (Å²) in [6, 6.07) is 16.3. The number of pyridine rings is 1. The van der Waals surface area contributed by atoms with Crippen molar-refractivity contribution in [2.45, 2.75) is 44.9 Å². The summed E-state index contributed by atoms with van der Waals surface area (Å²) in [5, 5.41) is 5.06. The van der Waals surface area contributed by atoms with Gasteiger partial charge in [0, 0.05) is 41.4 Å². The van der Waals surface area contributed by atoms with Crippen LogP contribution in [0.2, 0.25) is 5.02 Å². The molecule has 1 aromatic carbocycles. The van der Waals surface area contributed by atoms with Crippen LogP contribution >= 0.6 is 23.8 Å². The molecule has 32 heavy (non-hydrogen) atoms. The first-order valence-electron chi connectivity index (χ1n) is 11.1. The lowest BCUT2D eigenvalue weighted by molar-refractivity contribution is 0.0842. The number of hydrogen-bond donors (Lipinski definition) is 1. The van der Waals surface area contributed by atoms with Crippen molar-refractivity contribution in [2.24, 2.45) is 0 Å². The number of hydrogen-bond acceptors (Lipinski definition) is 3. The number of benzene rings is 1. The number of rotatable bonds is 5. The number of nitrogens with zero attached hydrogens (tertiary/aromatic N) is 3. The summed E-state index contributed by atoms with van der Waals surface area (Å²) in [5.74, 6) is 0. The Morgan fingerprint density at radius 2 is 2.00 bits per heavy atom. The lowest BCUT2D eigenvalue weighted by Gasteiger charge is -2.30. The standard InChI is InChI=1S/C25H27ClN4OS/c1-16-14-21(17(2)30(16)19-10-8-18(26)9-11-19)24-23(22-7-3-4-12-27-22)28-25(32)29(24)15-20-6-5-13-31-20/h3-4,7-12,14,20,23-24H,5-6,13,15H2,1-2H3,(H,28,32). The third-order valence-electron chi connectivity index (χ3n) is 6.50. The Labute approximate surface area is 199 Å². The molecular formula is C25H27ClN4OS. The molecule has 2 aliphatic heterocycles. The van der Waals surface area contributed by atoms with E-state index < -0.39 is 0 Å². The average molecular weight is 467 g/mol. The van der Waals surface area contributed by atoms with Crippen LogP contribution in [0.3, 0.4) is 0 Å². The first-order chi connectivity index (χ1) is 15.5. The fourth-order valence-electron chi connectivity index (χ4n) is 5.02. The summed E-state index contributed by atoms with van der Waals surface area (Å²) in [5.41, 5.74) is 5.71. The van der Waals surface area contributed by atoms with Crippen LogP contribution in [0.4, 0.5) is 0 Å². The van der Waals surface area contributed by atoms with Crippen LogP contribution in [0.25, 0.3) is 5.69 Å². The van der Waals surface area contributed by atoms with Gasteiger partial charge >= 0.3 is 0 Å². The Bertz CT molecular complexity index is 1110. The van der Waals surface area contributed by atoms with E-state index in [9.17, 15) is 0 Å². The van der Waals surface area contributed by atoms with E-state index in [0.29, 0.717) is 0 Å². The summed E-state index contributed by atoms with van der Waals surface area (Å²) in [7, 11) is 0. The van der Waals surface area contributed by atoms with Gasteiger partial charge in [-0.15, -0.1) is 0 Å². The van der Waals surface area contributed by atoms with Crippen LogP contribution in [0.1, 0.15) is 47.6 Å². The fraction of sp³-hybridized carbons (Fsp3) is 0.360. The largest absolute Gasteiger partial charge is 0.376 e. The number of aryl methyl sites for hydroxylation is 1. The van der Waals surface area contributed by atoms with Crippen LogP contribution < -0.4 is 5.32 Å². The number of halogens is 1. The quantitative estimate of drug-likeness (QED) is 0.517. The first kappa shape index (κ1) is 21.4. The zero-order valence-electron chi connectivity index (χ0n) is 18.3. The van der Waals surface area contributed by atoms with Gasteiger partial charge in [-0.2, -0.15) is 0 Å². The van der Waals surface area contributed by atoms with E-state index in [4.69, 9.17) is 28.6 Å². The second-order valence-electron chi connectivity index (χ2n) is 8.55. The number of thiocarbonyl (C=S) groups is 1. The van der Waals surface area contributed by atoms with Gasteiger partial charge in [0.15, 0.2) is 5.11 Å². The zero-order chi connectivity index (χ0) is 22.2. The normalized spacial score (nSPS) is 23.0. The van der Waals surface area contributed by atoms with Crippen molar-refractivity contribution in [1.82, 2.24) is 19.8 Å². The fourth-order valence-corrected chi connectivity index (χ4v) is 5.46. The molecule has 2 saturated heterocycles. The van der Waals surface area contributed by atoms with E-state index in [1.54, 1.807) is 0 Å². The monoisotopic (exact) mass is 466 g/mol. The molecule has 4 heterocycles. The molecule has 0 aliphatic carbocycles. The topological polar surface area (TPSA) is 42.3 Å². The molecule has 2 aromatic heterocycles. The highest BCUT2D eigenvalue weighted by atomic mass is 35.5. The van der Waals surface area contributed by atoms with Crippen LogP contribution in [-0.4, -0.2) is 38.8 Å². The molecule has 5 rings (SSSR count). The minimum atomic E-state index is -0.0238. The van der Waals surface area contributed by atoms with Crippen LogP contribution in [0.5, 0.6) is 0 Å². The molecule has 7 heteroatoms. The van der Waals surface area contributed by atoms with Gasteiger partial charge in [-0.1, -0.05) is 17.7 Å². The molecule has 0 saturated carbocycles. The van der Waals surface area contributed by atoms with E-state index in [1.165, 1.54) is 17.0 Å². The van der Waals surface area contributed by atoms with Crippen molar-refractivity contribution in [3.8, 4) is 5.69 Å². The third-order valence-corrected chi connectivity index (χ3v) is 7.10. The van der Waals surface area contributed by atoms with Crippen molar-refractivity contribution >= 4 is 28.9 Å². The molecule has 0 bridgehead atoms. The van der Waals surface area contributed by atoms with Gasteiger partial charge in [-0.05, 0) is 86.9 Å². The van der Waals surface area contributed by atoms with Crippen LogP contribution in [0, 0.1) is 13.8 Å². The van der Waals surface area contributed by atoms with E-state index in [2.05, 4.69) is 57.9 Å². The first-order valence-corrected chi connectivity index (χ1v) is 11.9. The Morgan fingerprint density at radius 1 is 1.19 bits per heavy atom. The maximum absolute atomic E-state index is 6.13. The highest BCUT2D eigenvalue weighted by Gasteiger charge is 2.42. The van der Waals surface area contributed by atoms with Crippen LogP contribution in [-0.2, 0) is 4.74 Å². The van der Waals surface area contributed by atoms with E-state index in [1.807, 2.05) is 30.5 Å². The SMILES string of the molecule is Cc1cc(C2C(c3ccccn3)NC(=S)N2CC2CCCO2)c(C)n1-c1ccc(Cl)cc1. The summed E-state index contributed by atoms with van der Waals surface area (Å²) in [6.07, 6.45) is 4.23. The van der Waals surface area contributed by atoms with Gasteiger partial charge in [0.05, 0.1) is 23.9 Å². The molecular weight excluding hydrogens is 440 g/mol. The summed E-state index contributed by atoms with van der Waals surface area (Å²) in [4.78, 5) is 6.97. The van der Waals surface area contributed by atoms with E-state index in [-0.39, 0.29) is 18.2 Å². The van der Waals surface area contributed by atoms with Gasteiger partial charge < -0.3 is 19.5 Å². The zero-order valence-corrected chi connectivity index (χ0v) is 19.9. The van der Waals surface area contributed by atoms with Crippen molar-refractivity contribution in [3.63, 3.8) is 0 Å². The number of ether oxygens (including phenoxy) is 1. The summed E-state index contributed by atoms with van der Waals surface area (Å²) in [6.45, 7) is 5.94. The Balaban J connectivity index is 1.58. The van der Waals surface area contributed by atoms with Gasteiger partial charge in [0.2, 0.25) is 0 Å². The molecule has 2 fully saturated rings. The highest BCUT2D eigenvalue weighted by Crippen LogP contribution is 2.42. The van der Waals surface area contributed by atoms with Crippen molar-refractivity contribution in [3.05, 3.63) is 82.4 Å². The summed E-state index contributed by atoms with van der Waals surface area (Å²) < 4.78 is 8.25. The van der Waals surface area contributed by atoms with Crippen LogP contribution in [0.15, 0.2) is 54.7 Å². The predicted octanol–water partition coefficient (Wildman–Crippen LogP) is 5.29. The van der Waals surface area contributed by atoms with Gasteiger partial charge in [0.25, 0.3) is 0 Å².